The first-order chi connectivity index (χ1) is 22.9. The molecule has 2 heterocycles. The Labute approximate surface area is 283 Å². The highest BCUT2D eigenvalue weighted by Crippen LogP contribution is 2.36. The Morgan fingerprint density at radius 2 is 1.79 bits per heavy atom. The van der Waals surface area contributed by atoms with Crippen LogP contribution in [-0.2, 0) is 16.1 Å². The highest BCUT2D eigenvalue weighted by molar-refractivity contribution is 9.10. The highest BCUT2D eigenvalue weighted by Gasteiger charge is 2.35. The van der Waals surface area contributed by atoms with Gasteiger partial charge in [0.2, 0.25) is 0 Å². The summed E-state index contributed by atoms with van der Waals surface area (Å²) in [7, 11) is 1.59. The van der Waals surface area contributed by atoms with E-state index in [0.717, 1.165) is 26.7 Å². The van der Waals surface area contributed by atoms with Gasteiger partial charge in [-0.15, -0.1) is 0 Å². The molecular formula is C37H28BrN3O5S. The maximum Gasteiger partial charge on any atom is 0.338 e. The minimum absolute atomic E-state index is 0.173. The number of carbonyl (C=O) groups is 1. The van der Waals surface area contributed by atoms with E-state index in [2.05, 4.69) is 22.0 Å². The Morgan fingerprint density at radius 1 is 1.04 bits per heavy atom. The average molecular weight is 707 g/mol. The van der Waals surface area contributed by atoms with Gasteiger partial charge < -0.3 is 14.2 Å². The lowest BCUT2D eigenvalue weighted by Crippen LogP contribution is -2.40. The van der Waals surface area contributed by atoms with Crippen LogP contribution < -0.4 is 24.4 Å². The fraction of sp³-hybridized carbons (Fsp3) is 0.135. The summed E-state index contributed by atoms with van der Waals surface area (Å²) in [6, 6.07) is 30.9. The molecule has 234 valence electrons. The molecule has 0 saturated carbocycles. The van der Waals surface area contributed by atoms with Gasteiger partial charge in [0, 0.05) is 5.56 Å². The van der Waals surface area contributed by atoms with E-state index in [0.29, 0.717) is 38.7 Å². The minimum Gasteiger partial charge on any atom is -0.497 e. The van der Waals surface area contributed by atoms with E-state index in [1.165, 1.54) is 11.3 Å². The summed E-state index contributed by atoms with van der Waals surface area (Å²) >= 11 is 4.86. The number of ether oxygens (including phenoxy) is 3. The summed E-state index contributed by atoms with van der Waals surface area (Å²) in [5.74, 6) is 0.755. The van der Waals surface area contributed by atoms with Crippen molar-refractivity contribution in [3.63, 3.8) is 0 Å². The third-order valence-corrected chi connectivity index (χ3v) is 9.14. The smallest absolute Gasteiger partial charge is 0.338 e. The molecule has 4 aromatic carbocycles. The molecule has 6 rings (SSSR count). The number of esters is 1. The second-order valence-corrected chi connectivity index (χ2v) is 12.4. The third-order valence-electron chi connectivity index (χ3n) is 7.54. The first-order valence-corrected chi connectivity index (χ1v) is 16.3. The molecule has 0 saturated heterocycles. The van der Waals surface area contributed by atoms with Crippen molar-refractivity contribution >= 4 is 45.0 Å². The second kappa shape index (κ2) is 14.0. The predicted octanol–water partition coefficient (Wildman–Crippen LogP) is 6.16. The topological polar surface area (TPSA) is 103 Å². The Morgan fingerprint density at radius 3 is 2.45 bits per heavy atom. The van der Waals surface area contributed by atoms with Crippen molar-refractivity contribution in [1.29, 1.82) is 5.26 Å². The van der Waals surface area contributed by atoms with Crippen molar-refractivity contribution in [2.24, 2.45) is 4.99 Å². The molecule has 0 radical (unpaired) electrons. The lowest BCUT2D eigenvalue weighted by Gasteiger charge is -2.26. The van der Waals surface area contributed by atoms with E-state index >= 15 is 0 Å². The van der Waals surface area contributed by atoms with Gasteiger partial charge in [0.15, 0.2) is 4.80 Å². The molecule has 1 aromatic heterocycles. The number of nitrogens with zero attached hydrogens (tertiary/aromatic N) is 3. The van der Waals surface area contributed by atoms with Gasteiger partial charge in [-0.05, 0) is 82.0 Å². The molecule has 1 aliphatic heterocycles. The zero-order valence-electron chi connectivity index (χ0n) is 25.5. The number of carbonyl (C=O) groups excluding carboxylic acids is 1. The van der Waals surface area contributed by atoms with Gasteiger partial charge in [-0.1, -0.05) is 72.0 Å². The van der Waals surface area contributed by atoms with Crippen molar-refractivity contribution in [2.45, 2.75) is 19.6 Å². The number of fused-ring (bicyclic) bond motifs is 1. The van der Waals surface area contributed by atoms with Gasteiger partial charge >= 0.3 is 5.97 Å². The second-order valence-electron chi connectivity index (χ2n) is 10.5. The summed E-state index contributed by atoms with van der Waals surface area (Å²) in [5, 5.41) is 9.02. The first kappa shape index (κ1) is 31.7. The van der Waals surface area contributed by atoms with Crippen molar-refractivity contribution < 1.29 is 19.0 Å². The van der Waals surface area contributed by atoms with Crippen molar-refractivity contribution in [3.8, 4) is 17.6 Å². The van der Waals surface area contributed by atoms with E-state index in [1.54, 1.807) is 48.9 Å². The molecule has 0 bridgehead atoms. The molecule has 1 aliphatic rings. The standard InChI is InChI=1S/C37H28BrN3O5S/c1-3-45-36(43)32-33(26-7-5-4-6-8-26)40-37-41(34(32)27-14-16-28(44-2)17-15-27)35(42)31(47-37)20-25-13-18-30(29(38)19-25)46-22-24-11-9-23(21-39)10-12-24/h4-20,34H,3,22H2,1-2H3/b31-20-/t34-/m1/s1. The number of thiazole rings is 1. The molecule has 5 aromatic rings. The molecule has 0 spiro atoms. The van der Waals surface area contributed by atoms with Gasteiger partial charge in [0.05, 0.1) is 51.7 Å². The van der Waals surface area contributed by atoms with Crippen LogP contribution in [-0.4, -0.2) is 24.3 Å². The predicted molar refractivity (Wildman–Crippen MR) is 184 cm³/mol. The summed E-state index contributed by atoms with van der Waals surface area (Å²) in [5.41, 5.74) is 4.24. The molecule has 10 heteroatoms. The van der Waals surface area contributed by atoms with Crippen LogP contribution in [0.15, 0.2) is 117 Å². The van der Waals surface area contributed by atoms with Gasteiger partial charge in [-0.3, -0.25) is 9.36 Å². The van der Waals surface area contributed by atoms with Crippen LogP contribution >= 0.6 is 27.3 Å². The van der Waals surface area contributed by atoms with Crippen LogP contribution in [0.3, 0.4) is 0 Å². The van der Waals surface area contributed by atoms with Crippen LogP contribution in [0.2, 0.25) is 0 Å². The number of hydrogen-bond acceptors (Lipinski definition) is 8. The fourth-order valence-corrected chi connectivity index (χ4v) is 6.77. The van der Waals surface area contributed by atoms with Crippen LogP contribution in [0.4, 0.5) is 0 Å². The normalized spacial score (nSPS) is 14.2. The summed E-state index contributed by atoms with van der Waals surface area (Å²) in [4.78, 5) is 33.2. The third kappa shape index (κ3) is 6.68. The Balaban J connectivity index is 1.43. The molecule has 0 amide bonds. The molecule has 0 N–H and O–H groups in total. The molecule has 0 unspecified atom stereocenters. The molecule has 47 heavy (non-hydrogen) atoms. The summed E-state index contributed by atoms with van der Waals surface area (Å²) < 4.78 is 19.7. The maximum absolute atomic E-state index is 14.2. The van der Waals surface area contributed by atoms with Gasteiger partial charge in [-0.2, -0.15) is 5.26 Å². The van der Waals surface area contributed by atoms with Crippen molar-refractivity contribution in [3.05, 3.63) is 155 Å². The average Bonchev–Trinajstić information content (AvgIpc) is 3.41. The number of methoxy groups -OCH3 is 1. The van der Waals surface area contributed by atoms with Crippen LogP contribution in [0, 0.1) is 11.3 Å². The molecule has 0 aliphatic carbocycles. The highest BCUT2D eigenvalue weighted by atomic mass is 79.9. The number of nitriles is 1. The Hall–Kier alpha value is -5.24. The zero-order chi connectivity index (χ0) is 32.9. The monoisotopic (exact) mass is 705 g/mol. The van der Waals surface area contributed by atoms with Crippen molar-refractivity contribution in [2.75, 3.05) is 13.7 Å². The van der Waals surface area contributed by atoms with E-state index in [1.807, 2.05) is 72.8 Å². The van der Waals surface area contributed by atoms with Crippen LogP contribution in [0.25, 0.3) is 11.8 Å². The lowest BCUT2D eigenvalue weighted by atomic mass is 9.93. The molecule has 8 nitrogen and oxygen atoms in total. The van der Waals surface area contributed by atoms with Crippen molar-refractivity contribution in [1.82, 2.24) is 4.57 Å². The molecule has 1 atom stereocenters. The minimum atomic E-state index is -0.779. The van der Waals surface area contributed by atoms with Crippen LogP contribution in [0.5, 0.6) is 11.5 Å². The number of hydrogen-bond donors (Lipinski definition) is 0. The summed E-state index contributed by atoms with van der Waals surface area (Å²) in [6.45, 7) is 2.26. The van der Waals surface area contributed by atoms with E-state index in [9.17, 15) is 9.59 Å². The van der Waals surface area contributed by atoms with E-state index < -0.39 is 12.0 Å². The number of halogens is 1. The molecular weight excluding hydrogens is 678 g/mol. The van der Waals surface area contributed by atoms with E-state index in [-0.39, 0.29) is 17.7 Å². The number of benzene rings is 4. The van der Waals surface area contributed by atoms with Gasteiger partial charge in [0.1, 0.15) is 18.1 Å². The Kier molecular flexibility index (Phi) is 9.47. The van der Waals surface area contributed by atoms with E-state index in [4.69, 9.17) is 24.5 Å². The lowest BCUT2D eigenvalue weighted by molar-refractivity contribution is -0.138. The molecule has 0 fully saturated rings. The van der Waals surface area contributed by atoms with Gasteiger partial charge in [0.25, 0.3) is 5.56 Å². The Bertz CT molecular complexity index is 2200. The number of rotatable bonds is 9. The first-order valence-electron chi connectivity index (χ1n) is 14.7. The zero-order valence-corrected chi connectivity index (χ0v) is 27.9. The quantitative estimate of drug-likeness (QED) is 0.170. The summed E-state index contributed by atoms with van der Waals surface area (Å²) in [6.07, 6.45) is 1.81. The van der Waals surface area contributed by atoms with Crippen LogP contribution in [0.1, 0.15) is 40.8 Å². The van der Waals surface area contributed by atoms with Gasteiger partial charge in [-0.25, -0.2) is 9.79 Å². The maximum atomic E-state index is 14.2. The number of aromatic nitrogens is 1. The largest absolute Gasteiger partial charge is 0.497 e. The fourth-order valence-electron chi connectivity index (χ4n) is 5.25. The SMILES string of the molecule is CCOC(=O)C1=C(c2ccccc2)N=c2s/c(=C\c3ccc(OCc4ccc(C#N)cc4)c(Br)c3)c(=O)n2[C@@H]1c1ccc(OC)cc1.